The summed E-state index contributed by atoms with van der Waals surface area (Å²) in [6, 6.07) is 2.12. The minimum atomic E-state index is 0.781. The third kappa shape index (κ3) is 2.21. The first-order valence-corrected chi connectivity index (χ1v) is 6.22. The van der Waals surface area contributed by atoms with Crippen molar-refractivity contribution >= 4 is 6.08 Å². The molecule has 0 spiro atoms. The lowest BCUT2D eigenvalue weighted by molar-refractivity contribution is 0.501. The summed E-state index contributed by atoms with van der Waals surface area (Å²) in [5.74, 6) is 0.781. The standard InChI is InChI=1S/C15H15N2O/c1-3-15-17-12(9-18-15)5-4-6-14-13-8-11(13)7-10(2)16-14/h4-5,7-9H,3,6H2,1-2H3/b5-4+. The topological polar surface area (TPSA) is 38.9 Å². The highest BCUT2D eigenvalue weighted by molar-refractivity contribution is 5.61. The Hall–Kier alpha value is -1.90. The molecule has 1 aliphatic rings. The van der Waals surface area contributed by atoms with Gasteiger partial charge in [-0.05, 0) is 30.2 Å². The van der Waals surface area contributed by atoms with E-state index in [0.717, 1.165) is 35.8 Å². The zero-order chi connectivity index (χ0) is 12.5. The van der Waals surface area contributed by atoms with Crippen LogP contribution in [0.2, 0.25) is 0 Å². The minimum Gasteiger partial charge on any atom is -0.448 e. The second-order valence-corrected chi connectivity index (χ2v) is 4.48. The van der Waals surface area contributed by atoms with Crippen LogP contribution in [0.25, 0.3) is 6.08 Å². The molecule has 0 saturated carbocycles. The molecule has 1 radical (unpaired) electrons. The summed E-state index contributed by atoms with van der Waals surface area (Å²) in [5, 5.41) is 0. The molecule has 3 heteroatoms. The molecule has 0 fully saturated rings. The van der Waals surface area contributed by atoms with Crippen LogP contribution >= 0.6 is 0 Å². The number of hydrogen-bond acceptors (Lipinski definition) is 3. The fourth-order valence-corrected chi connectivity index (χ4v) is 2.03. The zero-order valence-corrected chi connectivity index (χ0v) is 10.6. The Morgan fingerprint density at radius 2 is 2.22 bits per heavy atom. The Balaban J connectivity index is 1.69. The number of fused-ring (bicyclic) bond motifs is 1. The second kappa shape index (κ2) is 4.41. The molecule has 0 aromatic carbocycles. The molecule has 0 aliphatic heterocycles. The lowest BCUT2D eigenvalue weighted by Gasteiger charge is -1.96. The number of oxazole rings is 1. The second-order valence-electron chi connectivity index (χ2n) is 4.48. The predicted octanol–water partition coefficient (Wildman–Crippen LogP) is 3.11. The van der Waals surface area contributed by atoms with Gasteiger partial charge in [-0.15, -0.1) is 0 Å². The first kappa shape index (κ1) is 11.2. The van der Waals surface area contributed by atoms with E-state index in [1.165, 1.54) is 11.1 Å². The van der Waals surface area contributed by atoms with Crippen LogP contribution < -0.4 is 0 Å². The zero-order valence-electron chi connectivity index (χ0n) is 10.6. The highest BCUT2D eigenvalue weighted by atomic mass is 16.3. The number of pyridine rings is 1. The summed E-state index contributed by atoms with van der Waals surface area (Å²) < 4.78 is 5.29. The first-order chi connectivity index (χ1) is 8.76. The molecule has 0 bridgehead atoms. The maximum absolute atomic E-state index is 5.29. The lowest BCUT2D eigenvalue weighted by Crippen LogP contribution is -1.89. The van der Waals surface area contributed by atoms with Crippen molar-refractivity contribution in [1.82, 2.24) is 9.97 Å². The molecule has 3 rings (SSSR count). The average molecular weight is 239 g/mol. The normalized spacial score (nSPS) is 13.0. The smallest absolute Gasteiger partial charge is 0.194 e. The molecule has 0 atom stereocenters. The molecule has 3 nitrogen and oxygen atoms in total. The van der Waals surface area contributed by atoms with E-state index in [1.807, 2.05) is 19.9 Å². The van der Waals surface area contributed by atoms with Gasteiger partial charge in [-0.25, -0.2) is 4.98 Å². The highest BCUT2D eigenvalue weighted by Gasteiger charge is 2.22. The van der Waals surface area contributed by atoms with Gasteiger partial charge in [0.15, 0.2) is 5.89 Å². The van der Waals surface area contributed by atoms with Crippen molar-refractivity contribution in [3.05, 3.63) is 58.9 Å². The van der Waals surface area contributed by atoms with Crippen molar-refractivity contribution in [3.63, 3.8) is 0 Å². The van der Waals surface area contributed by atoms with Gasteiger partial charge in [0.25, 0.3) is 0 Å². The van der Waals surface area contributed by atoms with Gasteiger partial charge in [0.1, 0.15) is 12.0 Å². The summed E-state index contributed by atoms with van der Waals surface area (Å²) in [6.07, 6.45) is 9.61. The minimum absolute atomic E-state index is 0.781. The molecule has 18 heavy (non-hydrogen) atoms. The number of aromatic nitrogens is 2. The maximum Gasteiger partial charge on any atom is 0.194 e. The van der Waals surface area contributed by atoms with Gasteiger partial charge in [0, 0.05) is 30.7 Å². The highest BCUT2D eigenvalue weighted by Crippen LogP contribution is 2.33. The van der Waals surface area contributed by atoms with Gasteiger partial charge in [-0.1, -0.05) is 13.0 Å². The Kier molecular flexibility index (Phi) is 2.74. The van der Waals surface area contributed by atoms with Crippen molar-refractivity contribution in [2.75, 3.05) is 0 Å². The number of hydrogen-bond donors (Lipinski definition) is 0. The van der Waals surface area contributed by atoms with Crippen molar-refractivity contribution in [3.8, 4) is 0 Å². The van der Waals surface area contributed by atoms with Crippen LogP contribution in [-0.2, 0) is 12.8 Å². The van der Waals surface area contributed by atoms with E-state index in [2.05, 4.69) is 28.5 Å². The lowest BCUT2D eigenvalue weighted by atomic mass is 10.2. The average Bonchev–Trinajstić information content (AvgIpc) is 2.98. The molecule has 1 aliphatic carbocycles. The Bertz CT molecular complexity index is 610. The van der Waals surface area contributed by atoms with Gasteiger partial charge < -0.3 is 4.42 Å². The summed E-state index contributed by atoms with van der Waals surface area (Å²) in [5.41, 5.74) is 5.76. The molecular weight excluding hydrogens is 224 g/mol. The summed E-state index contributed by atoms with van der Waals surface area (Å²) >= 11 is 0. The molecule has 2 heterocycles. The van der Waals surface area contributed by atoms with Crippen LogP contribution in [0, 0.1) is 13.3 Å². The first-order valence-electron chi connectivity index (χ1n) is 6.22. The molecule has 2 aromatic heterocycles. The number of nitrogens with zero attached hydrogens (tertiary/aromatic N) is 2. The van der Waals surface area contributed by atoms with Crippen LogP contribution in [0.1, 0.15) is 41.0 Å². The van der Waals surface area contributed by atoms with Gasteiger partial charge in [-0.3, -0.25) is 4.98 Å². The van der Waals surface area contributed by atoms with E-state index in [0.29, 0.717) is 0 Å². The van der Waals surface area contributed by atoms with Crippen molar-refractivity contribution in [2.45, 2.75) is 26.7 Å². The molecule has 91 valence electrons. The van der Waals surface area contributed by atoms with E-state index in [4.69, 9.17) is 4.42 Å². The monoisotopic (exact) mass is 239 g/mol. The number of aryl methyl sites for hydroxylation is 2. The summed E-state index contributed by atoms with van der Waals surface area (Å²) in [4.78, 5) is 8.88. The van der Waals surface area contributed by atoms with Gasteiger partial charge >= 0.3 is 0 Å². The van der Waals surface area contributed by atoms with E-state index in [9.17, 15) is 0 Å². The van der Waals surface area contributed by atoms with Crippen molar-refractivity contribution < 1.29 is 4.42 Å². The molecular formula is C15H15N2O. The van der Waals surface area contributed by atoms with E-state index < -0.39 is 0 Å². The van der Waals surface area contributed by atoms with E-state index >= 15 is 0 Å². The molecule has 0 unspecified atom stereocenters. The van der Waals surface area contributed by atoms with Gasteiger partial charge in [0.2, 0.25) is 0 Å². The van der Waals surface area contributed by atoms with Gasteiger partial charge in [-0.2, -0.15) is 0 Å². The largest absolute Gasteiger partial charge is 0.448 e. The fraction of sp³-hybridized carbons (Fsp3) is 0.267. The third-order valence-corrected chi connectivity index (χ3v) is 2.99. The van der Waals surface area contributed by atoms with E-state index in [1.54, 1.807) is 6.26 Å². The quantitative estimate of drug-likeness (QED) is 0.702. The maximum atomic E-state index is 5.29. The number of allylic oxidation sites excluding steroid dienone is 1. The molecule has 2 aromatic rings. The van der Waals surface area contributed by atoms with Crippen LogP contribution in [0.4, 0.5) is 0 Å². The Labute approximate surface area is 107 Å². The summed E-state index contributed by atoms with van der Waals surface area (Å²) in [7, 11) is 0. The summed E-state index contributed by atoms with van der Waals surface area (Å²) in [6.45, 7) is 4.06. The predicted molar refractivity (Wildman–Crippen MR) is 70.1 cm³/mol. The molecule has 0 N–H and O–H groups in total. The SMILES string of the molecule is CCc1nc(/C=C/Cc2nc(C)cc3c2[CH]3)co1. The van der Waals surface area contributed by atoms with Gasteiger partial charge in [0.05, 0.1) is 0 Å². The Morgan fingerprint density at radius 3 is 3.00 bits per heavy atom. The third-order valence-electron chi connectivity index (χ3n) is 2.99. The van der Waals surface area contributed by atoms with Crippen LogP contribution in [0.5, 0.6) is 0 Å². The van der Waals surface area contributed by atoms with E-state index in [-0.39, 0.29) is 0 Å². The van der Waals surface area contributed by atoms with Crippen LogP contribution in [0.15, 0.2) is 22.8 Å². The van der Waals surface area contributed by atoms with Crippen LogP contribution in [0.3, 0.4) is 0 Å². The van der Waals surface area contributed by atoms with Crippen LogP contribution in [-0.4, -0.2) is 9.97 Å². The molecule has 0 saturated heterocycles. The number of rotatable bonds is 4. The fourth-order valence-electron chi connectivity index (χ4n) is 2.03. The van der Waals surface area contributed by atoms with Crippen molar-refractivity contribution in [2.24, 2.45) is 0 Å². The molecule has 0 amide bonds. The van der Waals surface area contributed by atoms with Crippen molar-refractivity contribution in [1.29, 1.82) is 0 Å². The Morgan fingerprint density at radius 1 is 1.33 bits per heavy atom.